The van der Waals surface area contributed by atoms with Crippen LogP contribution < -0.4 is 0 Å². The zero-order chi connectivity index (χ0) is 17.2. The molecule has 0 radical (unpaired) electrons. The van der Waals surface area contributed by atoms with Crippen LogP contribution in [0.3, 0.4) is 0 Å². The van der Waals surface area contributed by atoms with E-state index in [0.29, 0.717) is 32.5 Å². The predicted molar refractivity (Wildman–Crippen MR) is 85.8 cm³/mol. The maximum atomic E-state index is 12.2. The van der Waals surface area contributed by atoms with E-state index in [-0.39, 0.29) is 17.5 Å². The van der Waals surface area contributed by atoms with Gasteiger partial charge in [0.1, 0.15) is 6.10 Å². The fraction of sp³-hybridized carbons (Fsp3) is 0.941. The molecule has 0 amide bonds. The first-order chi connectivity index (χ1) is 9.89. The minimum Gasteiger partial charge on any atom is -0.462 e. The van der Waals surface area contributed by atoms with E-state index in [9.17, 15) is 10.0 Å². The fourth-order valence-corrected chi connectivity index (χ4v) is 3.31. The zero-order valence-electron chi connectivity index (χ0n) is 15.2. The smallest absolute Gasteiger partial charge is 0.306 e. The summed E-state index contributed by atoms with van der Waals surface area (Å²) in [5.74, 6) is -0.187. The van der Waals surface area contributed by atoms with Crippen molar-refractivity contribution in [2.45, 2.75) is 84.9 Å². The number of nitrogens with zero attached hydrogens (tertiary/aromatic N) is 1. The molecule has 0 bridgehead atoms. The Morgan fingerprint density at radius 2 is 1.73 bits per heavy atom. The van der Waals surface area contributed by atoms with Crippen molar-refractivity contribution >= 4 is 5.97 Å². The van der Waals surface area contributed by atoms with Gasteiger partial charge in [-0.15, -0.1) is 0 Å². The van der Waals surface area contributed by atoms with Crippen LogP contribution in [0.15, 0.2) is 0 Å². The largest absolute Gasteiger partial charge is 0.462 e. The van der Waals surface area contributed by atoms with Crippen molar-refractivity contribution in [3.63, 3.8) is 0 Å². The predicted octanol–water partition coefficient (Wildman–Crippen LogP) is 3.39. The number of ether oxygens (including phenoxy) is 2. The molecule has 0 aromatic carbocycles. The Morgan fingerprint density at radius 3 is 2.18 bits per heavy atom. The molecule has 1 aliphatic rings. The molecule has 1 aliphatic heterocycles. The van der Waals surface area contributed by atoms with E-state index in [4.69, 9.17) is 9.47 Å². The number of esters is 1. The first-order valence-corrected chi connectivity index (χ1v) is 8.16. The van der Waals surface area contributed by atoms with E-state index in [1.807, 2.05) is 48.5 Å². The van der Waals surface area contributed by atoms with E-state index in [0.717, 1.165) is 0 Å². The van der Waals surface area contributed by atoms with Crippen LogP contribution in [0.1, 0.15) is 67.7 Å². The summed E-state index contributed by atoms with van der Waals surface area (Å²) in [7, 11) is 0. The lowest BCUT2D eigenvalue weighted by Gasteiger charge is -2.51. The van der Waals surface area contributed by atoms with Crippen molar-refractivity contribution in [3.05, 3.63) is 0 Å². The molecule has 1 fully saturated rings. The van der Waals surface area contributed by atoms with Gasteiger partial charge in [-0.25, -0.2) is 0 Å². The lowest BCUT2D eigenvalue weighted by molar-refractivity contribution is -0.259. The van der Waals surface area contributed by atoms with E-state index in [2.05, 4.69) is 0 Å². The summed E-state index contributed by atoms with van der Waals surface area (Å²) >= 11 is 0. The average molecular weight is 315 g/mol. The highest BCUT2D eigenvalue weighted by Crippen LogP contribution is 2.38. The van der Waals surface area contributed by atoms with Crippen molar-refractivity contribution in [2.24, 2.45) is 5.41 Å². The highest BCUT2D eigenvalue weighted by molar-refractivity contribution is 5.70. The van der Waals surface area contributed by atoms with Gasteiger partial charge in [-0.1, -0.05) is 13.8 Å². The van der Waals surface area contributed by atoms with Crippen molar-refractivity contribution < 1.29 is 19.5 Å². The molecule has 0 aromatic heterocycles. The number of carbonyl (C=O) groups is 1. The zero-order valence-corrected chi connectivity index (χ0v) is 15.2. The minimum absolute atomic E-state index is 0.163. The maximum Gasteiger partial charge on any atom is 0.306 e. The van der Waals surface area contributed by atoms with Crippen LogP contribution >= 0.6 is 0 Å². The third-order valence-electron chi connectivity index (χ3n) is 4.22. The number of carbonyl (C=O) groups excluding carboxylic acids is 1. The normalized spacial score (nSPS) is 22.5. The quantitative estimate of drug-likeness (QED) is 0.761. The standard InChI is InChI=1S/C17H33NO4/c1-8-21-12-15(2,3)11-14(19)22-13-9-16(4,5)18(20)17(6,7)10-13/h13,20H,8-12H2,1-7H3. The van der Waals surface area contributed by atoms with Crippen LogP contribution in [-0.2, 0) is 14.3 Å². The van der Waals surface area contributed by atoms with Gasteiger partial charge in [-0.2, -0.15) is 5.06 Å². The molecule has 130 valence electrons. The lowest BCUT2D eigenvalue weighted by atomic mass is 9.80. The molecule has 1 N–H and O–H groups in total. The van der Waals surface area contributed by atoms with Gasteiger partial charge in [0.2, 0.25) is 0 Å². The van der Waals surface area contributed by atoms with Crippen LogP contribution in [0.25, 0.3) is 0 Å². The highest BCUT2D eigenvalue weighted by Gasteiger charge is 2.46. The minimum atomic E-state index is -0.409. The summed E-state index contributed by atoms with van der Waals surface area (Å²) in [6.45, 7) is 15.0. The average Bonchev–Trinajstić information content (AvgIpc) is 2.32. The Bertz CT molecular complexity index is 372. The van der Waals surface area contributed by atoms with Crippen molar-refractivity contribution in [1.82, 2.24) is 5.06 Å². The van der Waals surface area contributed by atoms with Crippen molar-refractivity contribution in [2.75, 3.05) is 13.2 Å². The van der Waals surface area contributed by atoms with Gasteiger partial charge in [-0.05, 0) is 40.0 Å². The molecule has 0 spiro atoms. The van der Waals surface area contributed by atoms with Crippen LogP contribution in [-0.4, -0.2) is 46.6 Å². The van der Waals surface area contributed by atoms with Gasteiger partial charge in [0.25, 0.3) is 0 Å². The van der Waals surface area contributed by atoms with Gasteiger partial charge in [-0.3, -0.25) is 4.79 Å². The molecule has 0 saturated carbocycles. The molecule has 1 rings (SSSR count). The van der Waals surface area contributed by atoms with Crippen molar-refractivity contribution in [3.8, 4) is 0 Å². The maximum absolute atomic E-state index is 12.2. The molecule has 22 heavy (non-hydrogen) atoms. The van der Waals surface area contributed by atoms with E-state index >= 15 is 0 Å². The first kappa shape index (κ1) is 19.4. The molecular formula is C17H33NO4. The molecule has 0 unspecified atom stereocenters. The number of hydrogen-bond donors (Lipinski definition) is 1. The van der Waals surface area contributed by atoms with E-state index in [1.165, 1.54) is 5.06 Å². The summed E-state index contributed by atoms with van der Waals surface area (Å²) in [6, 6.07) is 0. The second kappa shape index (κ2) is 6.85. The summed E-state index contributed by atoms with van der Waals surface area (Å²) in [4.78, 5) is 12.2. The third-order valence-corrected chi connectivity index (χ3v) is 4.22. The molecule has 5 heteroatoms. The summed E-state index contributed by atoms with van der Waals surface area (Å²) in [6.07, 6.45) is 1.44. The lowest BCUT2D eigenvalue weighted by Crippen LogP contribution is -2.60. The summed E-state index contributed by atoms with van der Waals surface area (Å²) < 4.78 is 11.1. The number of hydrogen-bond acceptors (Lipinski definition) is 5. The van der Waals surface area contributed by atoms with Gasteiger partial charge >= 0.3 is 5.97 Å². The molecular weight excluding hydrogens is 282 g/mol. The molecule has 0 atom stereocenters. The number of hydroxylamine groups is 2. The monoisotopic (exact) mass is 315 g/mol. The number of rotatable bonds is 6. The first-order valence-electron chi connectivity index (χ1n) is 8.16. The second-order valence-electron chi connectivity index (χ2n) is 8.43. The van der Waals surface area contributed by atoms with Crippen LogP contribution in [0.2, 0.25) is 0 Å². The summed E-state index contributed by atoms with van der Waals surface area (Å²) in [5.41, 5.74) is -1.04. The molecule has 5 nitrogen and oxygen atoms in total. The van der Waals surface area contributed by atoms with Crippen LogP contribution in [0.4, 0.5) is 0 Å². The summed E-state index contributed by atoms with van der Waals surface area (Å²) in [5, 5.41) is 11.7. The Kier molecular flexibility index (Phi) is 6.04. The topological polar surface area (TPSA) is 59.0 Å². The van der Waals surface area contributed by atoms with Gasteiger partial charge in [0, 0.05) is 30.5 Å². The third kappa shape index (κ3) is 5.21. The van der Waals surface area contributed by atoms with Gasteiger partial charge < -0.3 is 14.7 Å². The van der Waals surface area contributed by atoms with Crippen LogP contribution in [0.5, 0.6) is 0 Å². The fourth-order valence-electron chi connectivity index (χ4n) is 3.31. The Morgan fingerprint density at radius 1 is 1.23 bits per heavy atom. The molecule has 0 aromatic rings. The molecule has 1 heterocycles. The van der Waals surface area contributed by atoms with Crippen LogP contribution in [0, 0.1) is 5.41 Å². The highest BCUT2D eigenvalue weighted by atomic mass is 16.5. The Hall–Kier alpha value is -0.650. The Balaban J connectivity index is 2.61. The molecule has 1 saturated heterocycles. The second-order valence-corrected chi connectivity index (χ2v) is 8.43. The van der Waals surface area contributed by atoms with E-state index < -0.39 is 11.1 Å². The Labute approximate surface area is 134 Å². The van der Waals surface area contributed by atoms with Crippen molar-refractivity contribution in [1.29, 1.82) is 0 Å². The van der Waals surface area contributed by atoms with Gasteiger partial charge in [0.15, 0.2) is 0 Å². The van der Waals surface area contributed by atoms with E-state index in [1.54, 1.807) is 0 Å². The SMILES string of the molecule is CCOCC(C)(C)CC(=O)OC1CC(C)(C)N(O)C(C)(C)C1. The molecule has 0 aliphatic carbocycles. The van der Waals surface area contributed by atoms with Gasteiger partial charge in [0.05, 0.1) is 13.0 Å². The number of piperidine rings is 1.